The topological polar surface area (TPSA) is 43.4 Å². The summed E-state index contributed by atoms with van der Waals surface area (Å²) in [5.74, 6) is 2.09. The lowest BCUT2D eigenvalue weighted by Gasteiger charge is -2.20. The summed E-state index contributed by atoms with van der Waals surface area (Å²) in [5.41, 5.74) is 2.16. The van der Waals surface area contributed by atoms with Crippen LogP contribution in [-0.2, 0) is 0 Å². The number of methoxy groups -OCH3 is 2. The normalized spacial score (nSPS) is 15.8. The molecule has 0 bridgehead atoms. The van der Waals surface area contributed by atoms with Gasteiger partial charge < -0.3 is 14.8 Å². The van der Waals surface area contributed by atoms with E-state index in [1.54, 1.807) is 14.2 Å². The molecule has 0 radical (unpaired) electrons. The molecule has 2 aromatic rings. The van der Waals surface area contributed by atoms with E-state index in [0.717, 1.165) is 35.8 Å². The third-order valence-corrected chi connectivity index (χ3v) is 5.29. The molecule has 0 amide bonds. The first kappa shape index (κ1) is 15.3. The highest BCUT2D eigenvalue weighted by Crippen LogP contribution is 2.37. The quantitative estimate of drug-likeness (QED) is 0.935. The average molecular weight is 318 g/mol. The second-order valence-electron chi connectivity index (χ2n) is 5.55. The Hall–Kier alpha value is -1.59. The smallest absolute Gasteiger partial charge is 0.161 e. The number of hydrogen-bond acceptors (Lipinski definition) is 5. The van der Waals surface area contributed by atoms with Gasteiger partial charge in [0.2, 0.25) is 0 Å². The van der Waals surface area contributed by atoms with Gasteiger partial charge in [-0.3, -0.25) is 0 Å². The third kappa shape index (κ3) is 2.96. The van der Waals surface area contributed by atoms with Crippen molar-refractivity contribution in [1.29, 1.82) is 0 Å². The van der Waals surface area contributed by atoms with E-state index >= 15 is 0 Å². The van der Waals surface area contributed by atoms with Crippen molar-refractivity contribution in [2.24, 2.45) is 0 Å². The molecule has 1 N–H and O–H groups in total. The summed E-state index contributed by atoms with van der Waals surface area (Å²) in [7, 11) is 3.32. The van der Waals surface area contributed by atoms with Crippen molar-refractivity contribution in [3.8, 4) is 22.8 Å². The molecule has 1 saturated heterocycles. The van der Waals surface area contributed by atoms with Crippen LogP contribution in [0.3, 0.4) is 0 Å². The lowest BCUT2D eigenvalue weighted by atomic mass is 9.99. The minimum absolute atomic E-state index is 0.596. The van der Waals surface area contributed by atoms with Crippen LogP contribution in [0.1, 0.15) is 28.6 Å². The zero-order chi connectivity index (χ0) is 15.5. The Labute approximate surface area is 135 Å². The Bertz CT molecular complexity index is 648. The molecule has 0 saturated carbocycles. The maximum atomic E-state index is 5.40. The highest BCUT2D eigenvalue weighted by molar-refractivity contribution is 7.12. The second-order valence-corrected chi connectivity index (χ2v) is 6.79. The molecule has 4 nitrogen and oxygen atoms in total. The summed E-state index contributed by atoms with van der Waals surface area (Å²) >= 11 is 1.83. The van der Waals surface area contributed by atoms with Gasteiger partial charge in [-0.15, -0.1) is 11.3 Å². The molecule has 0 atom stereocenters. The van der Waals surface area contributed by atoms with Gasteiger partial charge in [0, 0.05) is 16.4 Å². The third-order valence-electron chi connectivity index (χ3n) is 4.16. The molecular weight excluding hydrogens is 296 g/mol. The molecule has 0 aliphatic carbocycles. The first-order chi connectivity index (χ1) is 10.7. The van der Waals surface area contributed by atoms with E-state index in [2.05, 4.69) is 18.3 Å². The van der Waals surface area contributed by atoms with Gasteiger partial charge in [0.1, 0.15) is 0 Å². The van der Waals surface area contributed by atoms with E-state index < -0.39 is 0 Å². The SMILES string of the molecule is COc1ccc(-c2nc(C3CCNCC3)sc2C)cc1OC. The molecule has 0 spiro atoms. The summed E-state index contributed by atoms with van der Waals surface area (Å²) in [6.45, 7) is 4.33. The minimum atomic E-state index is 0.596. The van der Waals surface area contributed by atoms with Crippen LogP contribution >= 0.6 is 11.3 Å². The van der Waals surface area contributed by atoms with Crippen molar-refractivity contribution in [2.75, 3.05) is 27.3 Å². The molecule has 1 aliphatic rings. The zero-order valence-corrected chi connectivity index (χ0v) is 14.1. The van der Waals surface area contributed by atoms with E-state index in [4.69, 9.17) is 14.5 Å². The van der Waals surface area contributed by atoms with E-state index in [0.29, 0.717) is 5.92 Å². The van der Waals surface area contributed by atoms with Crippen LogP contribution in [0.4, 0.5) is 0 Å². The maximum Gasteiger partial charge on any atom is 0.161 e. The summed E-state index contributed by atoms with van der Waals surface area (Å²) in [6.07, 6.45) is 2.36. The Morgan fingerprint density at radius 1 is 1.14 bits per heavy atom. The molecule has 118 valence electrons. The number of aromatic nitrogens is 1. The lowest BCUT2D eigenvalue weighted by Crippen LogP contribution is -2.26. The number of thiazole rings is 1. The van der Waals surface area contributed by atoms with E-state index in [1.165, 1.54) is 22.7 Å². The van der Waals surface area contributed by atoms with Crippen LogP contribution in [-0.4, -0.2) is 32.3 Å². The highest BCUT2D eigenvalue weighted by Gasteiger charge is 2.21. The van der Waals surface area contributed by atoms with Crippen LogP contribution in [0.2, 0.25) is 0 Å². The standard InChI is InChI=1S/C17H22N2O2S/c1-11-16(13-4-5-14(20-2)15(10-13)21-3)19-17(22-11)12-6-8-18-9-7-12/h4-5,10,12,18H,6-9H2,1-3H3. The summed E-state index contributed by atoms with van der Waals surface area (Å²) < 4.78 is 10.7. The lowest BCUT2D eigenvalue weighted by molar-refractivity contribution is 0.355. The molecule has 1 aromatic heterocycles. The summed E-state index contributed by atoms with van der Waals surface area (Å²) in [6, 6.07) is 6.00. The number of aryl methyl sites for hydroxylation is 1. The fourth-order valence-corrected chi connectivity index (χ4v) is 4.02. The van der Waals surface area contributed by atoms with Crippen LogP contribution in [0.25, 0.3) is 11.3 Å². The summed E-state index contributed by atoms with van der Waals surface area (Å²) in [5, 5.41) is 4.68. The molecule has 1 aliphatic heterocycles. The highest BCUT2D eigenvalue weighted by atomic mass is 32.1. The molecule has 0 unspecified atom stereocenters. The number of ether oxygens (including phenoxy) is 2. The van der Waals surface area contributed by atoms with Crippen LogP contribution in [0, 0.1) is 6.92 Å². The molecule has 1 fully saturated rings. The number of nitrogens with one attached hydrogen (secondary N) is 1. The fourth-order valence-electron chi connectivity index (χ4n) is 2.91. The van der Waals surface area contributed by atoms with Crippen molar-refractivity contribution in [3.05, 3.63) is 28.1 Å². The van der Waals surface area contributed by atoms with E-state index in [1.807, 2.05) is 23.5 Å². The van der Waals surface area contributed by atoms with Crippen molar-refractivity contribution in [2.45, 2.75) is 25.7 Å². The predicted octanol–water partition coefficient (Wildman–Crippen LogP) is 3.60. The molecule has 2 heterocycles. The Kier molecular flexibility index (Phi) is 4.64. The zero-order valence-electron chi connectivity index (χ0n) is 13.3. The fraction of sp³-hybridized carbons (Fsp3) is 0.471. The minimum Gasteiger partial charge on any atom is -0.493 e. The van der Waals surface area contributed by atoms with Crippen molar-refractivity contribution >= 4 is 11.3 Å². The first-order valence-corrected chi connectivity index (χ1v) is 8.45. The van der Waals surface area contributed by atoms with Crippen molar-refractivity contribution < 1.29 is 9.47 Å². The number of nitrogens with zero attached hydrogens (tertiary/aromatic N) is 1. The predicted molar refractivity (Wildman–Crippen MR) is 90.2 cm³/mol. The van der Waals surface area contributed by atoms with Gasteiger partial charge in [0.15, 0.2) is 11.5 Å². The Morgan fingerprint density at radius 3 is 2.55 bits per heavy atom. The van der Waals surface area contributed by atoms with Gasteiger partial charge in [0.05, 0.1) is 24.9 Å². The van der Waals surface area contributed by atoms with Gasteiger partial charge in [0.25, 0.3) is 0 Å². The molecular formula is C17H22N2O2S. The number of piperidine rings is 1. The Balaban J connectivity index is 1.93. The van der Waals surface area contributed by atoms with Gasteiger partial charge >= 0.3 is 0 Å². The summed E-state index contributed by atoms with van der Waals surface area (Å²) in [4.78, 5) is 6.19. The number of hydrogen-bond donors (Lipinski definition) is 1. The molecule has 1 aromatic carbocycles. The first-order valence-electron chi connectivity index (χ1n) is 7.63. The maximum absolute atomic E-state index is 5.40. The molecule has 3 rings (SSSR count). The average Bonchev–Trinajstić information content (AvgIpc) is 2.97. The monoisotopic (exact) mass is 318 g/mol. The Morgan fingerprint density at radius 2 is 1.86 bits per heavy atom. The van der Waals surface area contributed by atoms with Crippen LogP contribution in [0.5, 0.6) is 11.5 Å². The van der Waals surface area contributed by atoms with Gasteiger partial charge in [-0.2, -0.15) is 0 Å². The molecule has 5 heteroatoms. The van der Waals surface area contributed by atoms with E-state index in [9.17, 15) is 0 Å². The van der Waals surface area contributed by atoms with Crippen LogP contribution in [0.15, 0.2) is 18.2 Å². The largest absolute Gasteiger partial charge is 0.493 e. The van der Waals surface area contributed by atoms with Gasteiger partial charge in [-0.25, -0.2) is 4.98 Å². The number of rotatable bonds is 4. The second kappa shape index (κ2) is 6.67. The number of benzene rings is 1. The van der Waals surface area contributed by atoms with Crippen molar-refractivity contribution in [3.63, 3.8) is 0 Å². The van der Waals surface area contributed by atoms with Crippen molar-refractivity contribution in [1.82, 2.24) is 10.3 Å². The van der Waals surface area contributed by atoms with Gasteiger partial charge in [-0.05, 0) is 51.1 Å². The van der Waals surface area contributed by atoms with E-state index in [-0.39, 0.29) is 0 Å². The van der Waals surface area contributed by atoms with Crippen LogP contribution < -0.4 is 14.8 Å². The van der Waals surface area contributed by atoms with Gasteiger partial charge in [-0.1, -0.05) is 0 Å². The molecule has 22 heavy (non-hydrogen) atoms.